The highest BCUT2D eigenvalue weighted by Gasteiger charge is 2.41. The molecule has 144 valence electrons. The van der Waals surface area contributed by atoms with E-state index in [1.165, 1.54) is 37.7 Å². The van der Waals surface area contributed by atoms with E-state index >= 15 is 0 Å². The summed E-state index contributed by atoms with van der Waals surface area (Å²) in [7, 11) is 6.02. The number of rotatable bonds is 6. The van der Waals surface area contributed by atoms with Crippen LogP contribution in [0.4, 0.5) is 0 Å². The van der Waals surface area contributed by atoms with Gasteiger partial charge in [-0.15, -0.1) is 0 Å². The van der Waals surface area contributed by atoms with Gasteiger partial charge in [0.2, 0.25) is 0 Å². The minimum atomic E-state index is 0.560. The maximum absolute atomic E-state index is 5.98. The molecule has 1 saturated carbocycles. The van der Waals surface area contributed by atoms with Crippen molar-refractivity contribution in [1.29, 1.82) is 0 Å². The van der Waals surface area contributed by atoms with Crippen molar-refractivity contribution in [2.24, 2.45) is 10.4 Å². The van der Waals surface area contributed by atoms with Gasteiger partial charge < -0.3 is 19.9 Å². The van der Waals surface area contributed by atoms with E-state index in [4.69, 9.17) is 4.74 Å². The molecule has 1 aromatic carbocycles. The molecular weight excluding hydrogens is 324 g/mol. The summed E-state index contributed by atoms with van der Waals surface area (Å²) in [6.07, 6.45) is 6.90. The summed E-state index contributed by atoms with van der Waals surface area (Å²) in [5.74, 6) is 1.99. The molecule has 2 aliphatic rings. The number of hydrogen-bond donors (Lipinski definition) is 1. The smallest absolute Gasteiger partial charge is 0.193 e. The average molecular weight is 359 g/mol. The Morgan fingerprint density at radius 3 is 2.73 bits per heavy atom. The SMILES string of the molecule is CN=C(NCc1ccccc1OCCN(C)C)N1CCC2(CCCC2)C1. The van der Waals surface area contributed by atoms with Gasteiger partial charge in [-0.2, -0.15) is 0 Å². The standard InChI is InChI=1S/C21H34N4O/c1-22-20(25-13-12-21(17-25)10-6-7-11-21)23-16-18-8-4-5-9-19(18)26-15-14-24(2)3/h4-5,8-9H,6-7,10-17H2,1-3H3,(H,22,23). The van der Waals surface area contributed by atoms with E-state index in [2.05, 4.69) is 52.4 Å². The van der Waals surface area contributed by atoms with Gasteiger partial charge in [0.1, 0.15) is 12.4 Å². The fourth-order valence-electron chi connectivity index (χ4n) is 4.28. The molecule has 0 unspecified atom stereocenters. The molecule has 3 rings (SSSR count). The Hall–Kier alpha value is -1.75. The molecule has 0 aromatic heterocycles. The number of benzene rings is 1. The number of guanidine groups is 1. The van der Waals surface area contributed by atoms with E-state index in [9.17, 15) is 0 Å². The van der Waals surface area contributed by atoms with Crippen molar-refractivity contribution in [2.45, 2.75) is 38.6 Å². The van der Waals surface area contributed by atoms with Gasteiger partial charge in [-0.25, -0.2) is 0 Å². The van der Waals surface area contributed by atoms with E-state index in [-0.39, 0.29) is 0 Å². The molecule has 1 spiro atoms. The van der Waals surface area contributed by atoms with Crippen LogP contribution in [0.3, 0.4) is 0 Å². The predicted octanol–water partition coefficient (Wildman–Crippen LogP) is 2.97. The van der Waals surface area contributed by atoms with Crippen LogP contribution in [0.25, 0.3) is 0 Å². The minimum absolute atomic E-state index is 0.560. The van der Waals surface area contributed by atoms with Crippen LogP contribution in [-0.4, -0.2) is 63.1 Å². The zero-order valence-corrected chi connectivity index (χ0v) is 16.6. The number of para-hydroxylation sites is 1. The van der Waals surface area contributed by atoms with E-state index in [0.717, 1.165) is 37.9 Å². The van der Waals surface area contributed by atoms with Gasteiger partial charge in [0.15, 0.2) is 5.96 Å². The molecule has 0 bridgehead atoms. The molecule has 2 fully saturated rings. The van der Waals surface area contributed by atoms with Gasteiger partial charge in [0, 0.05) is 38.8 Å². The van der Waals surface area contributed by atoms with Crippen LogP contribution in [0.5, 0.6) is 5.75 Å². The van der Waals surface area contributed by atoms with Crippen LogP contribution in [-0.2, 0) is 6.54 Å². The summed E-state index contributed by atoms with van der Waals surface area (Å²) < 4.78 is 5.98. The van der Waals surface area contributed by atoms with Crippen molar-refractivity contribution in [3.8, 4) is 5.75 Å². The molecular formula is C21H34N4O. The first-order valence-corrected chi connectivity index (χ1v) is 9.93. The third kappa shape index (κ3) is 4.70. The minimum Gasteiger partial charge on any atom is -0.492 e. The summed E-state index contributed by atoms with van der Waals surface area (Å²) in [5, 5.41) is 3.56. The molecule has 1 N–H and O–H groups in total. The predicted molar refractivity (Wildman–Crippen MR) is 108 cm³/mol. The molecule has 0 amide bonds. The zero-order chi connectivity index (χ0) is 18.4. The van der Waals surface area contributed by atoms with Crippen LogP contribution in [0.15, 0.2) is 29.3 Å². The monoisotopic (exact) mass is 358 g/mol. The molecule has 5 nitrogen and oxygen atoms in total. The van der Waals surface area contributed by atoms with Gasteiger partial charge in [0.25, 0.3) is 0 Å². The Morgan fingerprint density at radius 2 is 2.00 bits per heavy atom. The third-order valence-electron chi connectivity index (χ3n) is 5.82. The number of nitrogens with zero attached hydrogens (tertiary/aromatic N) is 3. The lowest BCUT2D eigenvalue weighted by molar-refractivity contribution is 0.259. The zero-order valence-electron chi connectivity index (χ0n) is 16.6. The number of ether oxygens (including phenoxy) is 1. The average Bonchev–Trinajstić information content (AvgIpc) is 3.27. The van der Waals surface area contributed by atoms with E-state index in [0.29, 0.717) is 12.0 Å². The summed E-state index contributed by atoms with van der Waals surface area (Å²) in [6.45, 7) is 4.65. The molecule has 1 aromatic rings. The third-order valence-corrected chi connectivity index (χ3v) is 5.82. The molecule has 1 heterocycles. The van der Waals surface area contributed by atoms with Crippen molar-refractivity contribution in [3.63, 3.8) is 0 Å². The van der Waals surface area contributed by atoms with Gasteiger partial charge in [0.05, 0.1) is 0 Å². The van der Waals surface area contributed by atoms with Gasteiger partial charge in [-0.3, -0.25) is 4.99 Å². The largest absolute Gasteiger partial charge is 0.492 e. The lowest BCUT2D eigenvalue weighted by Crippen LogP contribution is -2.40. The lowest BCUT2D eigenvalue weighted by atomic mass is 9.86. The van der Waals surface area contributed by atoms with Crippen molar-refractivity contribution >= 4 is 5.96 Å². The molecule has 1 aliphatic heterocycles. The second-order valence-electron chi connectivity index (χ2n) is 8.04. The highest BCUT2D eigenvalue weighted by atomic mass is 16.5. The molecule has 5 heteroatoms. The normalized spacial score (nSPS) is 19.5. The Kier molecular flexibility index (Phi) is 6.41. The summed E-state index contributed by atoms with van der Waals surface area (Å²) >= 11 is 0. The number of nitrogens with one attached hydrogen (secondary N) is 1. The molecule has 0 radical (unpaired) electrons. The highest BCUT2D eigenvalue weighted by molar-refractivity contribution is 5.80. The molecule has 0 atom stereocenters. The van der Waals surface area contributed by atoms with Crippen LogP contribution in [0.1, 0.15) is 37.7 Å². The summed E-state index contributed by atoms with van der Waals surface area (Å²) in [6, 6.07) is 8.29. The maximum atomic E-state index is 5.98. The molecule has 1 saturated heterocycles. The van der Waals surface area contributed by atoms with E-state index in [1.807, 2.05) is 13.1 Å². The van der Waals surface area contributed by atoms with Crippen LogP contribution in [0.2, 0.25) is 0 Å². The first kappa shape index (κ1) is 19.0. The Morgan fingerprint density at radius 1 is 1.23 bits per heavy atom. The van der Waals surface area contributed by atoms with E-state index in [1.54, 1.807) is 0 Å². The fourth-order valence-corrected chi connectivity index (χ4v) is 4.28. The fraction of sp³-hybridized carbons (Fsp3) is 0.667. The first-order chi connectivity index (χ1) is 12.6. The van der Waals surface area contributed by atoms with Crippen molar-refractivity contribution in [2.75, 3.05) is 47.4 Å². The lowest BCUT2D eigenvalue weighted by Gasteiger charge is -2.26. The molecule has 1 aliphatic carbocycles. The second-order valence-corrected chi connectivity index (χ2v) is 8.04. The van der Waals surface area contributed by atoms with Crippen molar-refractivity contribution in [1.82, 2.24) is 15.1 Å². The molecule has 26 heavy (non-hydrogen) atoms. The van der Waals surface area contributed by atoms with Crippen LogP contribution >= 0.6 is 0 Å². The Labute approximate surface area is 158 Å². The van der Waals surface area contributed by atoms with Crippen LogP contribution in [0, 0.1) is 5.41 Å². The number of aliphatic imine (C=N–C) groups is 1. The topological polar surface area (TPSA) is 40.1 Å². The Balaban J connectivity index is 1.56. The Bertz CT molecular complexity index is 608. The first-order valence-electron chi connectivity index (χ1n) is 9.93. The van der Waals surface area contributed by atoms with Crippen molar-refractivity contribution in [3.05, 3.63) is 29.8 Å². The number of likely N-dealkylation sites (tertiary alicyclic amines) is 1. The maximum Gasteiger partial charge on any atom is 0.193 e. The summed E-state index contributed by atoms with van der Waals surface area (Å²) in [4.78, 5) is 9.12. The second kappa shape index (κ2) is 8.76. The van der Waals surface area contributed by atoms with Crippen LogP contribution < -0.4 is 10.1 Å². The van der Waals surface area contributed by atoms with E-state index < -0.39 is 0 Å². The number of hydrogen-bond acceptors (Lipinski definition) is 3. The van der Waals surface area contributed by atoms with Gasteiger partial charge in [-0.05, 0) is 44.8 Å². The summed E-state index contributed by atoms with van der Waals surface area (Å²) in [5.41, 5.74) is 1.74. The quantitative estimate of drug-likeness (QED) is 0.627. The van der Waals surface area contributed by atoms with Gasteiger partial charge >= 0.3 is 0 Å². The number of likely N-dealkylation sites (N-methyl/N-ethyl adjacent to an activating group) is 1. The van der Waals surface area contributed by atoms with Gasteiger partial charge in [-0.1, -0.05) is 31.0 Å². The van der Waals surface area contributed by atoms with Crippen molar-refractivity contribution < 1.29 is 4.74 Å². The highest BCUT2D eigenvalue weighted by Crippen LogP contribution is 2.45.